The molecule has 14 heteroatoms. The molecule has 2 fully saturated rings. The predicted molar refractivity (Wildman–Crippen MR) is 204 cm³/mol. The third-order valence-corrected chi connectivity index (χ3v) is 10.9. The molecule has 13 nitrogen and oxygen atoms in total. The molecule has 0 bridgehead atoms. The van der Waals surface area contributed by atoms with E-state index < -0.39 is 17.6 Å². The average molecular weight is 759 g/mol. The Morgan fingerprint density at radius 2 is 1.64 bits per heavy atom. The standard InChI is InChI=1S/C41H51FN6O7/c1-28-21-46(34(23-47(28)40(52)53)22-45-17-18-54-25-29(45)2)24-37(49)48-27-41(3,35-14-11-32(20-36(35)48)19-30-9-12-33(42)13-10-30)38(50)43-15-16-44-39(51)55-26-31-7-5-4-6-8-31/h4-14,20,28-29,34H,15-19,21-27H2,1-3H3,(H,43,50)(H,44,51)(H,52,53)/t28-,29?,34+,41?/m1/s1. The van der Waals surface area contributed by atoms with E-state index in [1.165, 1.54) is 17.0 Å². The highest BCUT2D eigenvalue weighted by atomic mass is 19.1. The molecule has 0 saturated carbocycles. The summed E-state index contributed by atoms with van der Waals surface area (Å²) in [7, 11) is 0. The van der Waals surface area contributed by atoms with E-state index in [2.05, 4.69) is 27.4 Å². The molecule has 3 aromatic rings. The zero-order valence-electron chi connectivity index (χ0n) is 31.7. The quantitative estimate of drug-likeness (QED) is 0.235. The molecule has 3 N–H and O–H groups in total. The minimum Gasteiger partial charge on any atom is -0.465 e. The van der Waals surface area contributed by atoms with Crippen LogP contribution in [0.1, 0.15) is 43.0 Å². The van der Waals surface area contributed by atoms with Gasteiger partial charge >= 0.3 is 12.2 Å². The number of piperazine rings is 1. The Bertz CT molecular complexity index is 1830. The number of rotatable bonds is 12. The highest BCUT2D eigenvalue weighted by Crippen LogP contribution is 2.42. The van der Waals surface area contributed by atoms with Gasteiger partial charge in [-0.05, 0) is 67.6 Å². The van der Waals surface area contributed by atoms with Gasteiger partial charge in [-0.1, -0.05) is 54.6 Å². The number of carbonyl (C=O) groups excluding carboxylic acids is 3. The number of carbonyl (C=O) groups is 4. The van der Waals surface area contributed by atoms with Crippen molar-refractivity contribution in [3.8, 4) is 0 Å². The summed E-state index contributed by atoms with van der Waals surface area (Å²) < 4.78 is 24.6. The molecular formula is C41H51FN6O7. The largest absolute Gasteiger partial charge is 0.465 e. The molecule has 3 aliphatic heterocycles. The molecule has 2 unspecified atom stereocenters. The SMILES string of the molecule is CC1COCCN1C[C@H]1CN(C(=O)O)[C@H](C)CN1CC(=O)N1CC(C)(C(=O)NCCNC(=O)OCc2ccccc2)c2ccc(Cc3ccc(F)cc3)cc21. The van der Waals surface area contributed by atoms with Gasteiger partial charge in [0, 0.05) is 69.6 Å². The zero-order valence-corrected chi connectivity index (χ0v) is 31.7. The number of halogens is 1. The third-order valence-electron chi connectivity index (χ3n) is 10.9. The van der Waals surface area contributed by atoms with Crippen LogP contribution in [0.4, 0.5) is 19.7 Å². The summed E-state index contributed by atoms with van der Waals surface area (Å²) in [6.45, 7) is 9.42. The van der Waals surface area contributed by atoms with Gasteiger partial charge in [0.05, 0.1) is 25.2 Å². The van der Waals surface area contributed by atoms with E-state index >= 15 is 0 Å². The summed E-state index contributed by atoms with van der Waals surface area (Å²) in [5.74, 6) is -0.816. The fraction of sp³-hybridized carbons (Fsp3) is 0.463. The lowest BCUT2D eigenvalue weighted by Crippen LogP contribution is -2.64. The van der Waals surface area contributed by atoms with Gasteiger partial charge in [-0.2, -0.15) is 0 Å². The van der Waals surface area contributed by atoms with Crippen LogP contribution in [0.15, 0.2) is 72.8 Å². The zero-order chi connectivity index (χ0) is 39.1. The molecule has 3 aliphatic rings. The van der Waals surface area contributed by atoms with Gasteiger partial charge in [0.1, 0.15) is 12.4 Å². The second kappa shape index (κ2) is 17.6. The van der Waals surface area contributed by atoms with E-state index in [9.17, 15) is 28.7 Å². The van der Waals surface area contributed by atoms with Gasteiger partial charge in [0.25, 0.3) is 0 Å². The van der Waals surface area contributed by atoms with Crippen molar-refractivity contribution in [1.82, 2.24) is 25.3 Å². The van der Waals surface area contributed by atoms with E-state index in [1.54, 1.807) is 17.0 Å². The molecule has 3 heterocycles. The van der Waals surface area contributed by atoms with Crippen molar-refractivity contribution in [3.63, 3.8) is 0 Å². The average Bonchev–Trinajstić information content (AvgIpc) is 3.48. The second-order valence-electron chi connectivity index (χ2n) is 15.0. The van der Waals surface area contributed by atoms with Crippen molar-refractivity contribution in [3.05, 3.63) is 101 Å². The Hall–Kier alpha value is -5.05. The van der Waals surface area contributed by atoms with E-state index in [0.717, 1.165) is 23.2 Å². The predicted octanol–water partition coefficient (Wildman–Crippen LogP) is 3.84. The van der Waals surface area contributed by atoms with Crippen molar-refractivity contribution in [2.45, 2.75) is 57.3 Å². The smallest absolute Gasteiger partial charge is 0.407 e. The summed E-state index contributed by atoms with van der Waals surface area (Å²) in [6.07, 6.45) is -1.08. The number of morpholine rings is 1. The molecule has 6 rings (SSSR count). The fourth-order valence-electron chi connectivity index (χ4n) is 7.73. The number of benzene rings is 3. The van der Waals surface area contributed by atoms with Crippen molar-refractivity contribution in [2.24, 2.45) is 0 Å². The number of ether oxygens (including phenoxy) is 2. The van der Waals surface area contributed by atoms with E-state index in [4.69, 9.17) is 9.47 Å². The molecule has 294 valence electrons. The second-order valence-corrected chi connectivity index (χ2v) is 15.0. The molecule has 0 spiro atoms. The minimum atomic E-state index is -1.11. The van der Waals surface area contributed by atoms with Crippen LogP contribution >= 0.6 is 0 Å². The van der Waals surface area contributed by atoms with Gasteiger partial charge in [0.15, 0.2) is 0 Å². The van der Waals surface area contributed by atoms with Crippen molar-refractivity contribution in [2.75, 3.05) is 70.5 Å². The van der Waals surface area contributed by atoms with Crippen LogP contribution in [-0.2, 0) is 37.5 Å². The minimum absolute atomic E-state index is 0.0372. The normalized spacial score (nSPS) is 22.9. The Morgan fingerprint density at radius 1 is 0.909 bits per heavy atom. The van der Waals surface area contributed by atoms with Crippen LogP contribution in [0.3, 0.4) is 0 Å². The lowest BCUT2D eigenvalue weighted by molar-refractivity contribution is -0.126. The van der Waals surface area contributed by atoms with Crippen molar-refractivity contribution in [1.29, 1.82) is 0 Å². The highest BCUT2D eigenvalue weighted by Gasteiger charge is 2.47. The summed E-state index contributed by atoms with van der Waals surface area (Å²) in [5.41, 5.74) is 2.87. The Kier molecular flexibility index (Phi) is 12.7. The first kappa shape index (κ1) is 39.6. The van der Waals surface area contributed by atoms with Gasteiger partial charge in [-0.3, -0.25) is 19.4 Å². The van der Waals surface area contributed by atoms with Crippen LogP contribution in [-0.4, -0.2) is 128 Å². The Labute approximate surface area is 321 Å². The molecule has 0 radical (unpaired) electrons. The topological polar surface area (TPSA) is 144 Å². The molecule has 3 aromatic carbocycles. The van der Waals surface area contributed by atoms with Gasteiger partial charge in [-0.25, -0.2) is 14.0 Å². The summed E-state index contributed by atoms with van der Waals surface area (Å²) in [4.78, 5) is 60.4. The number of alkyl carbamates (subject to hydrolysis) is 1. The molecule has 2 saturated heterocycles. The molecule has 0 aromatic heterocycles. The van der Waals surface area contributed by atoms with E-state index in [0.29, 0.717) is 44.0 Å². The third kappa shape index (κ3) is 9.61. The molecule has 0 aliphatic carbocycles. The van der Waals surface area contributed by atoms with E-state index in [1.807, 2.05) is 62.4 Å². The monoisotopic (exact) mass is 758 g/mol. The van der Waals surface area contributed by atoms with Crippen LogP contribution in [0, 0.1) is 5.82 Å². The molecule has 55 heavy (non-hydrogen) atoms. The maximum atomic E-state index is 14.5. The van der Waals surface area contributed by atoms with Gasteiger partial charge in [0.2, 0.25) is 11.8 Å². The van der Waals surface area contributed by atoms with Gasteiger partial charge < -0.3 is 35.0 Å². The fourth-order valence-corrected chi connectivity index (χ4v) is 7.73. The number of fused-ring (bicyclic) bond motifs is 1. The highest BCUT2D eigenvalue weighted by molar-refractivity contribution is 6.03. The Morgan fingerprint density at radius 3 is 2.36 bits per heavy atom. The molecule has 4 atom stereocenters. The van der Waals surface area contributed by atoms with Crippen molar-refractivity contribution >= 4 is 29.7 Å². The number of hydrogen-bond donors (Lipinski definition) is 3. The first-order valence-corrected chi connectivity index (χ1v) is 18.9. The van der Waals surface area contributed by atoms with E-state index in [-0.39, 0.29) is 75.1 Å². The first-order valence-electron chi connectivity index (χ1n) is 18.9. The van der Waals surface area contributed by atoms with Crippen LogP contribution in [0.5, 0.6) is 0 Å². The lowest BCUT2D eigenvalue weighted by Gasteiger charge is -2.47. The number of amides is 4. The number of nitrogens with one attached hydrogen (secondary N) is 2. The summed E-state index contributed by atoms with van der Waals surface area (Å²) in [5, 5.41) is 15.6. The van der Waals surface area contributed by atoms with Crippen LogP contribution in [0.2, 0.25) is 0 Å². The maximum Gasteiger partial charge on any atom is 0.407 e. The lowest BCUT2D eigenvalue weighted by atomic mass is 9.83. The first-order chi connectivity index (χ1) is 26.4. The number of anilines is 1. The summed E-state index contributed by atoms with van der Waals surface area (Å²) >= 11 is 0. The maximum absolute atomic E-state index is 14.5. The molecule has 4 amide bonds. The van der Waals surface area contributed by atoms with Crippen LogP contribution in [0.25, 0.3) is 0 Å². The summed E-state index contributed by atoms with van der Waals surface area (Å²) in [6, 6.07) is 20.9. The molecular weight excluding hydrogens is 707 g/mol. The Balaban J connectivity index is 1.18. The van der Waals surface area contributed by atoms with Gasteiger partial charge in [-0.15, -0.1) is 0 Å². The number of nitrogens with zero attached hydrogens (tertiary/aromatic N) is 4. The van der Waals surface area contributed by atoms with Crippen molar-refractivity contribution < 1.29 is 38.1 Å². The van der Waals surface area contributed by atoms with Crippen LogP contribution < -0.4 is 15.5 Å². The number of hydrogen-bond acceptors (Lipinski definition) is 8. The number of carboxylic acid groups (broad SMARTS) is 1.